The van der Waals surface area contributed by atoms with Gasteiger partial charge in [-0.15, -0.1) is 0 Å². The van der Waals surface area contributed by atoms with Gasteiger partial charge in [-0.05, 0) is 31.7 Å². The van der Waals surface area contributed by atoms with Crippen LogP contribution in [0.2, 0.25) is 0 Å². The van der Waals surface area contributed by atoms with E-state index in [1.54, 1.807) is 13.0 Å². The van der Waals surface area contributed by atoms with Gasteiger partial charge in [-0.2, -0.15) is 0 Å². The van der Waals surface area contributed by atoms with Crippen molar-refractivity contribution in [1.29, 1.82) is 0 Å². The van der Waals surface area contributed by atoms with E-state index in [9.17, 15) is 9.00 Å². The Balaban J connectivity index is 2.02. The first-order valence-electron chi connectivity index (χ1n) is 6.67. The average Bonchev–Trinajstić information content (AvgIpc) is 2.70. The highest BCUT2D eigenvalue weighted by Gasteiger charge is 2.25. The molecule has 3 atom stereocenters. The standard InChI is InChI=1S/C14H20O4S/c1-9-4-3-5-12(6-9)19(17)8-11-7-10(2)13(18-11)14(15)16/h7,9,12H,3-6,8H2,1-2H3,(H,15,16). The second-order valence-electron chi connectivity index (χ2n) is 5.45. The molecule has 1 aromatic rings. The minimum absolute atomic E-state index is 0.0380. The van der Waals surface area contributed by atoms with Crippen LogP contribution in [0.15, 0.2) is 10.5 Å². The lowest BCUT2D eigenvalue weighted by molar-refractivity contribution is 0.0659. The first-order valence-corrected chi connectivity index (χ1v) is 8.05. The highest BCUT2D eigenvalue weighted by atomic mass is 32.2. The van der Waals surface area contributed by atoms with Crippen LogP contribution in [0, 0.1) is 12.8 Å². The molecule has 1 aliphatic rings. The highest BCUT2D eigenvalue weighted by Crippen LogP contribution is 2.28. The lowest BCUT2D eigenvalue weighted by Crippen LogP contribution is -2.23. The van der Waals surface area contributed by atoms with Crippen molar-refractivity contribution in [3.05, 3.63) is 23.2 Å². The summed E-state index contributed by atoms with van der Waals surface area (Å²) in [5.41, 5.74) is 0.594. The third-order valence-electron chi connectivity index (χ3n) is 3.71. The van der Waals surface area contributed by atoms with Crippen molar-refractivity contribution < 1.29 is 18.5 Å². The quantitative estimate of drug-likeness (QED) is 0.922. The number of carbonyl (C=O) groups is 1. The van der Waals surface area contributed by atoms with Gasteiger partial charge in [0.25, 0.3) is 0 Å². The fourth-order valence-electron chi connectivity index (χ4n) is 2.71. The van der Waals surface area contributed by atoms with Crippen LogP contribution in [0.3, 0.4) is 0 Å². The molecule has 1 N–H and O–H groups in total. The molecule has 0 aliphatic heterocycles. The van der Waals surface area contributed by atoms with E-state index in [4.69, 9.17) is 9.52 Å². The molecule has 0 bridgehead atoms. The third-order valence-corrected chi connectivity index (χ3v) is 5.45. The number of hydrogen-bond acceptors (Lipinski definition) is 3. The van der Waals surface area contributed by atoms with Gasteiger partial charge in [0.15, 0.2) is 0 Å². The predicted molar refractivity (Wildman–Crippen MR) is 73.7 cm³/mol. The molecule has 2 rings (SSSR count). The van der Waals surface area contributed by atoms with Crippen LogP contribution in [0.5, 0.6) is 0 Å². The van der Waals surface area contributed by atoms with Gasteiger partial charge in [0.2, 0.25) is 5.76 Å². The summed E-state index contributed by atoms with van der Waals surface area (Å²) in [5, 5.41) is 9.15. The summed E-state index contributed by atoms with van der Waals surface area (Å²) in [6, 6.07) is 1.69. The molecule has 1 saturated carbocycles. The summed E-state index contributed by atoms with van der Waals surface area (Å²) in [7, 11) is -0.973. The van der Waals surface area contributed by atoms with E-state index in [-0.39, 0.29) is 11.0 Å². The highest BCUT2D eigenvalue weighted by molar-refractivity contribution is 7.84. The monoisotopic (exact) mass is 284 g/mol. The number of carboxylic acids is 1. The molecule has 5 heteroatoms. The van der Waals surface area contributed by atoms with Crippen LogP contribution in [0.4, 0.5) is 0 Å². The summed E-state index contributed by atoms with van der Waals surface area (Å²) in [6.07, 6.45) is 4.35. The Labute approximate surface area is 115 Å². The number of furan rings is 1. The Bertz CT molecular complexity index is 492. The second kappa shape index (κ2) is 5.90. The van der Waals surface area contributed by atoms with Gasteiger partial charge < -0.3 is 9.52 Å². The normalized spacial score (nSPS) is 25.2. The Morgan fingerprint density at radius 2 is 2.26 bits per heavy atom. The van der Waals surface area contributed by atoms with Gasteiger partial charge in [0, 0.05) is 21.6 Å². The topological polar surface area (TPSA) is 67.5 Å². The van der Waals surface area contributed by atoms with E-state index in [2.05, 4.69) is 6.92 Å². The zero-order valence-electron chi connectivity index (χ0n) is 11.3. The molecule has 19 heavy (non-hydrogen) atoms. The number of rotatable bonds is 4. The van der Waals surface area contributed by atoms with Crippen LogP contribution in [-0.4, -0.2) is 20.5 Å². The molecular weight excluding hydrogens is 264 g/mol. The van der Waals surface area contributed by atoms with Crippen LogP contribution in [0.25, 0.3) is 0 Å². The minimum Gasteiger partial charge on any atom is -0.475 e. The van der Waals surface area contributed by atoms with E-state index in [1.807, 2.05) is 0 Å². The van der Waals surface area contributed by atoms with Crippen molar-refractivity contribution in [1.82, 2.24) is 0 Å². The van der Waals surface area contributed by atoms with Crippen LogP contribution >= 0.6 is 0 Å². The maximum Gasteiger partial charge on any atom is 0.372 e. The smallest absolute Gasteiger partial charge is 0.372 e. The lowest BCUT2D eigenvalue weighted by atomic mass is 9.91. The molecule has 0 radical (unpaired) electrons. The zero-order valence-corrected chi connectivity index (χ0v) is 12.2. The molecule has 4 nitrogen and oxygen atoms in total. The van der Waals surface area contributed by atoms with Gasteiger partial charge in [0.05, 0.1) is 5.75 Å². The largest absolute Gasteiger partial charge is 0.475 e. The Morgan fingerprint density at radius 3 is 2.84 bits per heavy atom. The van der Waals surface area contributed by atoms with E-state index < -0.39 is 16.8 Å². The number of aromatic carboxylic acids is 1. The zero-order chi connectivity index (χ0) is 14.0. The van der Waals surface area contributed by atoms with Crippen molar-refractivity contribution in [3.63, 3.8) is 0 Å². The van der Waals surface area contributed by atoms with Gasteiger partial charge in [-0.1, -0.05) is 19.8 Å². The average molecular weight is 284 g/mol. The molecule has 1 aliphatic carbocycles. The number of aryl methyl sites for hydroxylation is 1. The first kappa shape index (κ1) is 14.3. The predicted octanol–water partition coefficient (Wildman–Crippen LogP) is 3.11. The molecule has 3 unspecified atom stereocenters. The number of carboxylic acid groups (broad SMARTS) is 1. The molecule has 1 fully saturated rings. The fraction of sp³-hybridized carbons (Fsp3) is 0.643. The van der Waals surface area contributed by atoms with Crippen LogP contribution in [0.1, 0.15) is 54.5 Å². The van der Waals surface area contributed by atoms with E-state index in [0.717, 1.165) is 19.3 Å². The maximum absolute atomic E-state index is 12.3. The van der Waals surface area contributed by atoms with Crippen LogP contribution < -0.4 is 0 Å². The Hall–Kier alpha value is -1.10. The second-order valence-corrected chi connectivity index (χ2v) is 7.17. The van der Waals surface area contributed by atoms with Crippen molar-refractivity contribution in [3.8, 4) is 0 Å². The summed E-state index contributed by atoms with van der Waals surface area (Å²) < 4.78 is 17.6. The third kappa shape index (κ3) is 3.47. The Morgan fingerprint density at radius 1 is 1.53 bits per heavy atom. The molecule has 0 saturated heterocycles. The van der Waals surface area contributed by atoms with Gasteiger partial charge >= 0.3 is 5.97 Å². The minimum atomic E-state index is -1.07. The maximum atomic E-state index is 12.3. The Kier molecular flexibility index (Phi) is 4.45. The van der Waals surface area contributed by atoms with Gasteiger partial charge in [0.1, 0.15) is 5.76 Å². The molecule has 1 aromatic heterocycles. The van der Waals surface area contributed by atoms with Gasteiger partial charge in [-0.3, -0.25) is 4.21 Å². The van der Waals surface area contributed by atoms with E-state index >= 15 is 0 Å². The molecule has 0 aromatic carbocycles. The van der Waals surface area contributed by atoms with Crippen LogP contribution in [-0.2, 0) is 16.6 Å². The summed E-state index contributed by atoms with van der Waals surface area (Å²) in [4.78, 5) is 10.9. The molecule has 106 valence electrons. The van der Waals surface area contributed by atoms with Crippen molar-refractivity contribution in [2.24, 2.45) is 5.92 Å². The summed E-state index contributed by atoms with van der Waals surface area (Å²) in [6.45, 7) is 3.89. The van der Waals surface area contributed by atoms with Crippen molar-refractivity contribution >= 4 is 16.8 Å². The van der Waals surface area contributed by atoms with Crippen molar-refractivity contribution in [2.45, 2.75) is 50.5 Å². The van der Waals surface area contributed by atoms with Gasteiger partial charge in [-0.25, -0.2) is 4.79 Å². The molecule has 1 heterocycles. The SMILES string of the molecule is Cc1cc(CS(=O)C2CCCC(C)C2)oc1C(=O)O. The summed E-state index contributed by atoms with van der Waals surface area (Å²) >= 11 is 0. The lowest BCUT2D eigenvalue weighted by Gasteiger charge is -2.25. The first-order chi connectivity index (χ1) is 8.97. The molecule has 0 amide bonds. The van der Waals surface area contributed by atoms with E-state index in [1.165, 1.54) is 6.42 Å². The van der Waals surface area contributed by atoms with E-state index in [0.29, 0.717) is 23.0 Å². The number of hydrogen-bond donors (Lipinski definition) is 1. The fourth-order valence-corrected chi connectivity index (χ4v) is 4.34. The summed E-state index contributed by atoms with van der Waals surface area (Å²) in [5.74, 6) is 0.373. The van der Waals surface area contributed by atoms with Crippen molar-refractivity contribution in [2.75, 3.05) is 0 Å². The molecule has 0 spiro atoms. The molecular formula is C14H20O4S.